The Morgan fingerprint density at radius 1 is 1.16 bits per heavy atom. The van der Waals surface area contributed by atoms with E-state index in [0.29, 0.717) is 32.6 Å². The number of carbonyl (C=O) groups excluding carboxylic acids is 3. The molecule has 1 aromatic rings. The van der Waals surface area contributed by atoms with Crippen molar-refractivity contribution >= 4 is 35.2 Å². The molecule has 2 unspecified atom stereocenters. The van der Waals surface area contributed by atoms with Crippen molar-refractivity contribution in [2.75, 3.05) is 37.7 Å². The highest BCUT2D eigenvalue weighted by Crippen LogP contribution is 2.66. The van der Waals surface area contributed by atoms with Crippen molar-refractivity contribution in [1.82, 2.24) is 9.80 Å². The lowest BCUT2D eigenvalue weighted by molar-refractivity contribution is -0.142. The molecule has 0 aliphatic carbocycles. The molecule has 3 amide bonds. The zero-order chi connectivity index (χ0) is 26.6. The summed E-state index contributed by atoms with van der Waals surface area (Å²) in [5.41, 5.74) is 0.779. The summed E-state index contributed by atoms with van der Waals surface area (Å²) in [7, 11) is 0. The monoisotopic (exact) mass is 525 g/mol. The molecule has 1 spiro atoms. The van der Waals surface area contributed by atoms with Gasteiger partial charge < -0.3 is 19.8 Å². The number of para-hydroxylation sites is 1. The number of aliphatic hydroxyl groups is 1. The van der Waals surface area contributed by atoms with Gasteiger partial charge >= 0.3 is 0 Å². The van der Waals surface area contributed by atoms with E-state index in [1.54, 1.807) is 33.7 Å². The molecule has 0 saturated carbocycles. The molecule has 37 heavy (non-hydrogen) atoms. The third-order valence-electron chi connectivity index (χ3n) is 7.96. The van der Waals surface area contributed by atoms with Crippen molar-refractivity contribution < 1.29 is 19.5 Å². The number of thioether (sulfide) groups is 1. The standard InChI is InChI=1S/C29H39N3O4S/c1-4-7-18-30(16-5-2)28(36)25-29-15-14-22(37-29)23(24(29)27(35)32(25)19-11-20-33)26(34)31(17-6-3)21-12-9-8-10-13-21/h5-6,8-10,12-13,22-25,33H,2-4,7,11,14-20H2,1H3/t22-,23+,24-,25?,29?/m0/s1. The number of rotatable bonds is 13. The maximum absolute atomic E-state index is 14.1. The molecular formula is C29H39N3O4S. The quantitative estimate of drug-likeness (QED) is 0.399. The van der Waals surface area contributed by atoms with Gasteiger partial charge in [-0.05, 0) is 37.8 Å². The maximum atomic E-state index is 14.1. The Hall–Kier alpha value is -2.58. The van der Waals surface area contributed by atoms with Gasteiger partial charge in [-0.2, -0.15) is 0 Å². The second-order valence-corrected chi connectivity index (χ2v) is 11.8. The average molecular weight is 526 g/mol. The number of hydrogen-bond donors (Lipinski definition) is 1. The topological polar surface area (TPSA) is 81.2 Å². The van der Waals surface area contributed by atoms with Gasteiger partial charge in [-0.25, -0.2) is 0 Å². The summed E-state index contributed by atoms with van der Waals surface area (Å²) >= 11 is 1.68. The number of carbonyl (C=O) groups is 3. The Bertz CT molecular complexity index is 1020. The van der Waals surface area contributed by atoms with Crippen molar-refractivity contribution in [2.45, 2.75) is 55.1 Å². The smallest absolute Gasteiger partial charge is 0.247 e. The Balaban J connectivity index is 1.71. The number of hydrogen-bond acceptors (Lipinski definition) is 5. The van der Waals surface area contributed by atoms with Crippen LogP contribution in [0.4, 0.5) is 5.69 Å². The van der Waals surface area contributed by atoms with E-state index in [0.717, 1.165) is 31.4 Å². The van der Waals surface area contributed by atoms with Crippen LogP contribution in [-0.4, -0.2) is 81.5 Å². The van der Waals surface area contributed by atoms with Gasteiger partial charge in [0, 0.05) is 43.7 Å². The molecule has 200 valence electrons. The minimum atomic E-state index is -0.634. The summed E-state index contributed by atoms with van der Waals surface area (Å²) in [5.74, 6) is -1.31. The molecule has 3 heterocycles. The Morgan fingerprint density at radius 2 is 1.89 bits per heavy atom. The Morgan fingerprint density at radius 3 is 2.54 bits per heavy atom. The number of aliphatic hydroxyl groups excluding tert-OH is 1. The van der Waals surface area contributed by atoms with Crippen LogP contribution in [0.5, 0.6) is 0 Å². The predicted octanol–water partition coefficient (Wildman–Crippen LogP) is 3.49. The van der Waals surface area contributed by atoms with Crippen LogP contribution in [0, 0.1) is 11.8 Å². The van der Waals surface area contributed by atoms with Gasteiger partial charge in [-0.3, -0.25) is 14.4 Å². The number of fused-ring (bicyclic) bond motifs is 1. The van der Waals surface area contributed by atoms with E-state index < -0.39 is 22.6 Å². The zero-order valence-electron chi connectivity index (χ0n) is 21.8. The van der Waals surface area contributed by atoms with Gasteiger partial charge in [0.2, 0.25) is 17.7 Å². The summed E-state index contributed by atoms with van der Waals surface area (Å²) < 4.78 is -0.628. The SMILES string of the molecule is C=CCN(CCCC)C(=O)C1N(CCCO)C(=O)[C@@H]2[C@H](C(=O)N(CC=C)c3ccccc3)[C@@H]3CCC12S3. The van der Waals surface area contributed by atoms with E-state index in [1.807, 2.05) is 35.2 Å². The molecule has 5 atom stereocenters. The number of benzene rings is 1. The van der Waals surface area contributed by atoms with Gasteiger partial charge in [-0.1, -0.05) is 43.7 Å². The van der Waals surface area contributed by atoms with Crippen LogP contribution in [0.2, 0.25) is 0 Å². The van der Waals surface area contributed by atoms with Crippen LogP contribution >= 0.6 is 11.8 Å². The van der Waals surface area contributed by atoms with E-state index in [-0.39, 0.29) is 29.6 Å². The van der Waals surface area contributed by atoms with Crippen LogP contribution in [0.3, 0.4) is 0 Å². The first-order chi connectivity index (χ1) is 17.9. The third kappa shape index (κ3) is 4.86. The second kappa shape index (κ2) is 11.9. The van der Waals surface area contributed by atoms with Gasteiger partial charge in [0.05, 0.1) is 16.6 Å². The van der Waals surface area contributed by atoms with Gasteiger partial charge in [0.15, 0.2) is 0 Å². The highest BCUT2D eigenvalue weighted by molar-refractivity contribution is 8.02. The third-order valence-corrected chi connectivity index (χ3v) is 9.92. The normalized spacial score (nSPS) is 27.7. The summed E-state index contributed by atoms with van der Waals surface area (Å²) in [6.45, 7) is 11.4. The van der Waals surface area contributed by atoms with Gasteiger partial charge in [-0.15, -0.1) is 24.9 Å². The average Bonchev–Trinajstić information content (AvgIpc) is 3.55. The first-order valence-corrected chi connectivity index (χ1v) is 14.3. The number of nitrogens with zero attached hydrogens (tertiary/aromatic N) is 3. The number of amides is 3. The maximum Gasteiger partial charge on any atom is 0.247 e. The molecule has 0 aromatic heterocycles. The minimum Gasteiger partial charge on any atom is -0.396 e. The summed E-state index contributed by atoms with van der Waals surface area (Å²) in [4.78, 5) is 47.5. The van der Waals surface area contributed by atoms with Crippen molar-refractivity contribution in [3.05, 3.63) is 55.6 Å². The molecule has 3 fully saturated rings. The Kier molecular flexibility index (Phi) is 8.80. The van der Waals surface area contributed by atoms with Crippen molar-refractivity contribution in [2.24, 2.45) is 11.8 Å². The van der Waals surface area contributed by atoms with Crippen LogP contribution < -0.4 is 4.90 Å². The predicted molar refractivity (Wildman–Crippen MR) is 148 cm³/mol. The summed E-state index contributed by atoms with van der Waals surface area (Å²) in [6, 6.07) is 8.86. The van der Waals surface area contributed by atoms with E-state index in [1.165, 1.54) is 0 Å². The van der Waals surface area contributed by atoms with E-state index in [4.69, 9.17) is 0 Å². The molecule has 1 aromatic carbocycles. The lowest BCUT2D eigenvalue weighted by atomic mass is 9.70. The molecule has 7 nitrogen and oxygen atoms in total. The van der Waals surface area contributed by atoms with Crippen molar-refractivity contribution in [3.63, 3.8) is 0 Å². The van der Waals surface area contributed by atoms with Crippen LogP contribution in [0.25, 0.3) is 0 Å². The molecule has 0 radical (unpaired) electrons. The van der Waals surface area contributed by atoms with E-state index in [2.05, 4.69) is 20.1 Å². The van der Waals surface area contributed by atoms with Crippen LogP contribution in [0.1, 0.15) is 39.0 Å². The highest BCUT2D eigenvalue weighted by atomic mass is 32.2. The zero-order valence-corrected chi connectivity index (χ0v) is 22.6. The Labute approximate surface area is 224 Å². The molecule has 4 rings (SSSR count). The highest BCUT2D eigenvalue weighted by Gasteiger charge is 2.74. The number of likely N-dealkylation sites (tertiary alicyclic amines) is 1. The fourth-order valence-corrected chi connectivity index (χ4v) is 8.61. The molecule has 2 bridgehead atoms. The van der Waals surface area contributed by atoms with E-state index >= 15 is 0 Å². The molecule has 1 N–H and O–H groups in total. The summed E-state index contributed by atoms with van der Waals surface area (Å²) in [5, 5.41) is 9.55. The fourth-order valence-electron chi connectivity index (χ4n) is 6.40. The van der Waals surface area contributed by atoms with Crippen molar-refractivity contribution in [1.29, 1.82) is 0 Å². The van der Waals surface area contributed by atoms with E-state index in [9.17, 15) is 19.5 Å². The van der Waals surface area contributed by atoms with Gasteiger partial charge in [0.1, 0.15) is 6.04 Å². The molecule has 3 aliphatic rings. The lowest BCUT2D eigenvalue weighted by Gasteiger charge is -2.37. The lowest BCUT2D eigenvalue weighted by Crippen LogP contribution is -2.55. The largest absolute Gasteiger partial charge is 0.396 e. The summed E-state index contributed by atoms with van der Waals surface area (Å²) in [6.07, 6.45) is 7.20. The van der Waals surface area contributed by atoms with Crippen molar-refractivity contribution in [3.8, 4) is 0 Å². The van der Waals surface area contributed by atoms with Crippen LogP contribution in [0.15, 0.2) is 55.6 Å². The second-order valence-electron chi connectivity index (χ2n) is 10.2. The fraction of sp³-hybridized carbons (Fsp3) is 0.552. The minimum absolute atomic E-state index is 0.00346. The number of anilines is 1. The first-order valence-electron chi connectivity index (χ1n) is 13.4. The molecular weight excluding hydrogens is 486 g/mol. The first kappa shape index (κ1) is 27.5. The van der Waals surface area contributed by atoms with Crippen LogP contribution in [-0.2, 0) is 14.4 Å². The molecule has 3 aliphatic heterocycles. The number of unbranched alkanes of at least 4 members (excludes halogenated alkanes) is 1. The van der Waals surface area contributed by atoms with Gasteiger partial charge in [0.25, 0.3) is 0 Å². The molecule has 3 saturated heterocycles. The molecule has 8 heteroatoms.